The largest absolute Gasteiger partial charge is 0.352 e. The third-order valence-electron chi connectivity index (χ3n) is 6.78. The Morgan fingerprint density at radius 3 is 2.17 bits per heavy atom. The van der Waals surface area contributed by atoms with Gasteiger partial charge >= 0.3 is 0 Å². The zero-order valence-corrected chi connectivity index (χ0v) is 25.9. The van der Waals surface area contributed by atoms with Crippen LogP contribution in [0, 0.1) is 0 Å². The van der Waals surface area contributed by atoms with Crippen molar-refractivity contribution in [3.63, 3.8) is 0 Å². The highest BCUT2D eigenvalue weighted by molar-refractivity contribution is 7.92. The lowest BCUT2D eigenvalue weighted by Crippen LogP contribution is -2.52. The van der Waals surface area contributed by atoms with Crippen LogP contribution in [0.5, 0.6) is 0 Å². The molecule has 0 heterocycles. The number of nitrogens with zero attached hydrogens (tertiary/aromatic N) is 2. The molecule has 10 heteroatoms. The van der Waals surface area contributed by atoms with Crippen molar-refractivity contribution >= 4 is 50.7 Å². The maximum Gasteiger partial charge on any atom is 0.243 e. The van der Waals surface area contributed by atoms with Gasteiger partial charge in [0.05, 0.1) is 11.9 Å². The van der Waals surface area contributed by atoms with Gasteiger partial charge in [-0.3, -0.25) is 13.9 Å². The average molecular weight is 619 g/mol. The number of sulfonamides is 1. The topological polar surface area (TPSA) is 86.8 Å². The maximum atomic E-state index is 13.9. The van der Waals surface area contributed by atoms with Gasteiger partial charge in [-0.25, -0.2) is 8.42 Å². The Morgan fingerprint density at radius 2 is 1.56 bits per heavy atom. The van der Waals surface area contributed by atoms with Crippen LogP contribution in [0.15, 0.2) is 78.9 Å². The Kier molecular flexibility index (Phi) is 12.1. The van der Waals surface area contributed by atoms with Gasteiger partial charge in [0.25, 0.3) is 0 Å². The molecule has 3 rings (SSSR count). The first kappa shape index (κ1) is 32.4. The number of benzene rings is 3. The first-order valence-corrected chi connectivity index (χ1v) is 16.2. The molecule has 7 nitrogen and oxygen atoms in total. The fourth-order valence-corrected chi connectivity index (χ4v) is 5.74. The Bertz CT molecular complexity index is 1400. The quantitative estimate of drug-likeness (QED) is 0.237. The molecule has 1 N–H and O–H groups in total. The first-order chi connectivity index (χ1) is 19.5. The molecule has 0 aliphatic heterocycles. The average Bonchev–Trinajstić information content (AvgIpc) is 2.93. The lowest BCUT2D eigenvalue weighted by atomic mass is 10.0. The smallest absolute Gasteiger partial charge is 0.243 e. The van der Waals surface area contributed by atoms with E-state index in [0.29, 0.717) is 22.2 Å². The van der Waals surface area contributed by atoms with Crippen molar-refractivity contribution in [1.29, 1.82) is 0 Å². The summed E-state index contributed by atoms with van der Waals surface area (Å²) in [7, 11) is -3.60. The number of amides is 2. The summed E-state index contributed by atoms with van der Waals surface area (Å²) >= 11 is 12.2. The molecule has 3 aromatic carbocycles. The Morgan fingerprint density at radius 1 is 0.902 bits per heavy atom. The number of hydrogen-bond acceptors (Lipinski definition) is 4. The van der Waals surface area contributed by atoms with Gasteiger partial charge in [-0.2, -0.15) is 0 Å². The van der Waals surface area contributed by atoms with E-state index in [-0.39, 0.29) is 43.8 Å². The van der Waals surface area contributed by atoms with Crippen molar-refractivity contribution in [2.75, 3.05) is 17.1 Å². The van der Waals surface area contributed by atoms with Crippen molar-refractivity contribution in [2.45, 2.75) is 58.2 Å². The van der Waals surface area contributed by atoms with Gasteiger partial charge < -0.3 is 10.2 Å². The molecule has 0 fully saturated rings. The molecule has 0 spiro atoms. The summed E-state index contributed by atoms with van der Waals surface area (Å²) in [6.07, 6.45) is 2.51. The summed E-state index contributed by atoms with van der Waals surface area (Å²) in [6.45, 7) is 4.19. The minimum absolute atomic E-state index is 0.0437. The molecule has 220 valence electrons. The van der Waals surface area contributed by atoms with E-state index in [0.717, 1.165) is 23.8 Å². The molecule has 0 radical (unpaired) electrons. The van der Waals surface area contributed by atoms with E-state index in [1.54, 1.807) is 41.3 Å². The molecule has 41 heavy (non-hydrogen) atoms. The van der Waals surface area contributed by atoms with Crippen LogP contribution in [0.1, 0.15) is 44.2 Å². The number of rotatable bonds is 14. The monoisotopic (exact) mass is 617 g/mol. The SMILES string of the molecule is CC[C@@H](C)NC(=O)[C@H](Cc1ccccc1)N(Cc1cccc(Cl)c1)C(=O)CCCN(c1ccc(Cl)cc1)S(C)(=O)=O. The van der Waals surface area contributed by atoms with Crippen molar-refractivity contribution in [3.05, 3.63) is 100 Å². The number of nitrogens with one attached hydrogen (secondary N) is 1. The molecule has 2 atom stereocenters. The van der Waals surface area contributed by atoms with Gasteiger partial charge in [0.2, 0.25) is 21.8 Å². The van der Waals surface area contributed by atoms with Crippen LogP contribution in [0.2, 0.25) is 10.0 Å². The molecule has 0 aromatic heterocycles. The predicted molar refractivity (Wildman–Crippen MR) is 167 cm³/mol. The number of anilines is 1. The molecule has 2 amide bonds. The van der Waals surface area contributed by atoms with Crippen molar-refractivity contribution < 1.29 is 18.0 Å². The van der Waals surface area contributed by atoms with Crippen LogP contribution in [-0.2, 0) is 32.6 Å². The van der Waals surface area contributed by atoms with E-state index >= 15 is 0 Å². The van der Waals surface area contributed by atoms with Crippen LogP contribution < -0.4 is 9.62 Å². The van der Waals surface area contributed by atoms with Crippen molar-refractivity contribution in [3.8, 4) is 0 Å². The lowest BCUT2D eigenvalue weighted by Gasteiger charge is -2.32. The van der Waals surface area contributed by atoms with E-state index in [1.165, 1.54) is 4.31 Å². The highest BCUT2D eigenvalue weighted by Crippen LogP contribution is 2.22. The highest BCUT2D eigenvalue weighted by atomic mass is 35.5. The number of hydrogen-bond donors (Lipinski definition) is 1. The summed E-state index contributed by atoms with van der Waals surface area (Å²) < 4.78 is 26.4. The third kappa shape index (κ3) is 10.1. The molecule has 0 saturated carbocycles. The van der Waals surface area contributed by atoms with Gasteiger partial charge in [-0.1, -0.05) is 72.6 Å². The summed E-state index contributed by atoms with van der Waals surface area (Å²) in [4.78, 5) is 29.1. The van der Waals surface area contributed by atoms with E-state index < -0.39 is 16.1 Å². The fraction of sp³-hybridized carbons (Fsp3) is 0.355. The minimum atomic E-state index is -3.60. The normalized spacial score (nSPS) is 12.8. The van der Waals surface area contributed by atoms with Crippen LogP contribution in [0.3, 0.4) is 0 Å². The molecule has 0 aliphatic carbocycles. The second-order valence-electron chi connectivity index (χ2n) is 10.1. The molecule has 0 bridgehead atoms. The molecular weight excluding hydrogens is 581 g/mol. The molecule has 3 aromatic rings. The molecule has 0 aliphatic rings. The van der Waals surface area contributed by atoms with Gasteiger partial charge in [0.1, 0.15) is 6.04 Å². The van der Waals surface area contributed by atoms with Gasteiger partial charge in [0.15, 0.2) is 0 Å². The molecule has 0 saturated heterocycles. The third-order valence-corrected chi connectivity index (χ3v) is 8.46. The zero-order chi connectivity index (χ0) is 30.0. The van der Waals surface area contributed by atoms with Gasteiger partial charge in [-0.15, -0.1) is 0 Å². The highest BCUT2D eigenvalue weighted by Gasteiger charge is 2.31. The van der Waals surface area contributed by atoms with Gasteiger partial charge in [0, 0.05) is 42.0 Å². The van der Waals surface area contributed by atoms with Crippen LogP contribution in [0.4, 0.5) is 5.69 Å². The van der Waals surface area contributed by atoms with E-state index in [1.807, 2.05) is 56.3 Å². The van der Waals surface area contributed by atoms with E-state index in [4.69, 9.17) is 23.2 Å². The summed E-state index contributed by atoms with van der Waals surface area (Å²) in [5.41, 5.74) is 2.18. The second kappa shape index (κ2) is 15.2. The second-order valence-corrected chi connectivity index (χ2v) is 12.9. The Hall–Kier alpha value is -3.07. The van der Waals surface area contributed by atoms with Crippen LogP contribution >= 0.6 is 23.2 Å². The van der Waals surface area contributed by atoms with Crippen LogP contribution in [0.25, 0.3) is 0 Å². The number of carbonyl (C=O) groups excluding carboxylic acids is 2. The zero-order valence-electron chi connectivity index (χ0n) is 23.6. The number of carbonyl (C=O) groups is 2. The summed E-state index contributed by atoms with van der Waals surface area (Å²) in [5, 5.41) is 4.07. The Balaban J connectivity index is 1.89. The minimum Gasteiger partial charge on any atom is -0.352 e. The first-order valence-electron chi connectivity index (χ1n) is 13.6. The van der Waals surface area contributed by atoms with E-state index in [9.17, 15) is 18.0 Å². The van der Waals surface area contributed by atoms with E-state index in [2.05, 4.69) is 5.32 Å². The number of halogens is 2. The summed E-state index contributed by atoms with van der Waals surface area (Å²) in [6, 6.07) is 22.4. The molecular formula is C31H37Cl2N3O4S. The standard InChI is InChI=1S/C31H37Cl2N3O4S/c1-4-23(2)34-31(38)29(21-24-10-6-5-7-11-24)35(22-25-12-8-13-27(33)20-25)30(37)14-9-19-36(41(3,39)40)28-17-15-26(32)16-18-28/h5-8,10-13,15-18,20,23,29H,4,9,14,19,21-22H2,1-3H3,(H,34,38)/t23-,29+/m1/s1. The fourth-order valence-electron chi connectivity index (χ4n) is 4.44. The maximum absolute atomic E-state index is 13.9. The molecule has 0 unspecified atom stereocenters. The lowest BCUT2D eigenvalue weighted by molar-refractivity contribution is -0.141. The van der Waals surface area contributed by atoms with Crippen LogP contribution in [-0.4, -0.2) is 50.0 Å². The summed E-state index contributed by atoms with van der Waals surface area (Å²) in [5.74, 6) is -0.493. The van der Waals surface area contributed by atoms with Crippen molar-refractivity contribution in [1.82, 2.24) is 10.2 Å². The predicted octanol–water partition coefficient (Wildman–Crippen LogP) is 6.09. The van der Waals surface area contributed by atoms with Crippen molar-refractivity contribution in [2.24, 2.45) is 0 Å². The Labute approximate surface area is 253 Å². The van der Waals surface area contributed by atoms with Gasteiger partial charge in [-0.05, 0) is 67.3 Å².